The largest absolute Gasteiger partial charge is 0.395 e. The first-order chi connectivity index (χ1) is 8.81. The summed E-state index contributed by atoms with van der Waals surface area (Å²) in [5.41, 5.74) is 8.87. The summed E-state index contributed by atoms with van der Waals surface area (Å²) in [6, 6.07) is 8.02. The lowest BCUT2D eigenvalue weighted by molar-refractivity contribution is 0.302. The summed E-state index contributed by atoms with van der Waals surface area (Å²) in [6.07, 6.45) is 1.83. The summed E-state index contributed by atoms with van der Waals surface area (Å²) >= 11 is 0. The van der Waals surface area contributed by atoms with Crippen molar-refractivity contribution in [3.63, 3.8) is 0 Å². The van der Waals surface area contributed by atoms with E-state index in [0.29, 0.717) is 13.1 Å². The van der Waals surface area contributed by atoms with Crippen LogP contribution in [-0.2, 0) is 6.54 Å². The quantitative estimate of drug-likeness (QED) is 0.838. The second-order valence-electron chi connectivity index (χ2n) is 4.16. The van der Waals surface area contributed by atoms with E-state index in [4.69, 9.17) is 5.73 Å². The van der Waals surface area contributed by atoms with Gasteiger partial charge in [-0.15, -0.1) is 0 Å². The van der Waals surface area contributed by atoms with Crippen molar-refractivity contribution in [2.75, 3.05) is 24.6 Å². The van der Waals surface area contributed by atoms with Crippen molar-refractivity contribution in [2.45, 2.75) is 13.5 Å². The zero-order valence-electron chi connectivity index (χ0n) is 10.6. The van der Waals surface area contributed by atoms with Gasteiger partial charge in [0.2, 0.25) is 0 Å². The van der Waals surface area contributed by atoms with Crippen LogP contribution in [0, 0.1) is 0 Å². The van der Waals surface area contributed by atoms with Crippen LogP contribution in [0.1, 0.15) is 12.5 Å². The van der Waals surface area contributed by atoms with Crippen LogP contribution in [0.15, 0.2) is 30.5 Å². The minimum absolute atomic E-state index is 0.133. The van der Waals surface area contributed by atoms with E-state index in [1.165, 1.54) is 0 Å². The van der Waals surface area contributed by atoms with Gasteiger partial charge in [-0.3, -0.25) is 4.98 Å². The fourth-order valence-corrected chi connectivity index (χ4v) is 2.24. The van der Waals surface area contributed by atoms with Gasteiger partial charge in [-0.25, -0.2) is 0 Å². The number of aliphatic hydroxyl groups excluding tert-OH is 1. The molecule has 2 rings (SSSR count). The number of fused-ring (bicyclic) bond motifs is 1. The highest BCUT2D eigenvalue weighted by Crippen LogP contribution is 2.29. The van der Waals surface area contributed by atoms with Gasteiger partial charge >= 0.3 is 0 Å². The number of nitrogens with zero attached hydrogens (tertiary/aromatic N) is 2. The maximum absolute atomic E-state index is 9.18. The smallest absolute Gasteiger partial charge is 0.0723 e. The molecule has 0 bridgehead atoms. The number of pyridine rings is 1. The van der Waals surface area contributed by atoms with Crippen LogP contribution in [0.5, 0.6) is 0 Å². The Morgan fingerprint density at radius 2 is 2.11 bits per heavy atom. The van der Waals surface area contributed by atoms with Crippen molar-refractivity contribution >= 4 is 16.6 Å². The highest BCUT2D eigenvalue weighted by Gasteiger charge is 2.13. The average Bonchev–Trinajstić information content (AvgIpc) is 2.43. The number of rotatable bonds is 5. The van der Waals surface area contributed by atoms with Gasteiger partial charge in [-0.1, -0.05) is 18.2 Å². The van der Waals surface area contributed by atoms with Crippen LogP contribution < -0.4 is 10.6 Å². The Bertz CT molecular complexity index is 527. The molecule has 2 aromatic rings. The molecule has 0 fully saturated rings. The predicted octanol–water partition coefficient (Wildman–Crippen LogP) is 1.51. The molecule has 0 radical (unpaired) electrons. The van der Waals surface area contributed by atoms with Gasteiger partial charge in [0.25, 0.3) is 0 Å². The molecule has 4 heteroatoms. The van der Waals surface area contributed by atoms with Crippen molar-refractivity contribution < 1.29 is 5.11 Å². The number of benzene rings is 1. The van der Waals surface area contributed by atoms with Gasteiger partial charge in [-0.05, 0) is 13.0 Å². The van der Waals surface area contributed by atoms with Gasteiger partial charge in [0.05, 0.1) is 17.8 Å². The monoisotopic (exact) mass is 245 g/mol. The molecule has 0 saturated carbocycles. The van der Waals surface area contributed by atoms with Gasteiger partial charge in [0.1, 0.15) is 0 Å². The van der Waals surface area contributed by atoms with Crippen molar-refractivity contribution in [1.82, 2.24) is 4.98 Å². The summed E-state index contributed by atoms with van der Waals surface area (Å²) in [6.45, 7) is 4.10. The number of aliphatic hydroxyl groups is 1. The second kappa shape index (κ2) is 5.80. The molecular weight excluding hydrogens is 226 g/mol. The van der Waals surface area contributed by atoms with E-state index >= 15 is 0 Å². The number of anilines is 1. The van der Waals surface area contributed by atoms with Crippen LogP contribution in [0.2, 0.25) is 0 Å². The Labute approximate surface area is 107 Å². The predicted molar refractivity (Wildman–Crippen MR) is 74.6 cm³/mol. The summed E-state index contributed by atoms with van der Waals surface area (Å²) in [5, 5.41) is 10.3. The van der Waals surface area contributed by atoms with Crippen LogP contribution >= 0.6 is 0 Å². The van der Waals surface area contributed by atoms with E-state index in [1.54, 1.807) is 0 Å². The number of likely N-dealkylation sites (N-methyl/N-ethyl adjacent to an activating group) is 1. The zero-order valence-corrected chi connectivity index (χ0v) is 10.6. The Kier molecular flexibility index (Phi) is 4.12. The van der Waals surface area contributed by atoms with E-state index in [9.17, 15) is 5.11 Å². The minimum atomic E-state index is 0.133. The number of hydrogen-bond donors (Lipinski definition) is 2. The summed E-state index contributed by atoms with van der Waals surface area (Å²) < 4.78 is 0. The third kappa shape index (κ3) is 2.30. The third-order valence-corrected chi connectivity index (χ3v) is 3.11. The van der Waals surface area contributed by atoms with Gasteiger partial charge < -0.3 is 15.7 Å². The average molecular weight is 245 g/mol. The number of para-hydroxylation sites is 1. The second-order valence-corrected chi connectivity index (χ2v) is 4.16. The topological polar surface area (TPSA) is 62.4 Å². The van der Waals surface area contributed by atoms with Crippen LogP contribution in [0.4, 0.5) is 5.69 Å². The van der Waals surface area contributed by atoms with E-state index in [0.717, 1.165) is 28.7 Å². The molecule has 1 aromatic heterocycles. The molecule has 3 N–H and O–H groups in total. The van der Waals surface area contributed by atoms with Crippen molar-refractivity contribution in [3.05, 3.63) is 36.0 Å². The van der Waals surface area contributed by atoms with Gasteiger partial charge in [-0.2, -0.15) is 0 Å². The third-order valence-electron chi connectivity index (χ3n) is 3.11. The lowest BCUT2D eigenvalue weighted by Crippen LogP contribution is -2.28. The van der Waals surface area contributed by atoms with E-state index in [1.807, 2.05) is 24.4 Å². The molecule has 4 nitrogen and oxygen atoms in total. The lowest BCUT2D eigenvalue weighted by Gasteiger charge is -2.26. The molecule has 96 valence electrons. The molecule has 18 heavy (non-hydrogen) atoms. The summed E-state index contributed by atoms with van der Waals surface area (Å²) in [7, 11) is 0. The number of nitrogens with two attached hydrogens (primary N) is 1. The van der Waals surface area contributed by atoms with Crippen molar-refractivity contribution in [1.29, 1.82) is 0 Å². The molecule has 0 spiro atoms. The normalized spacial score (nSPS) is 10.8. The lowest BCUT2D eigenvalue weighted by atomic mass is 10.1. The zero-order chi connectivity index (χ0) is 13.0. The van der Waals surface area contributed by atoms with Gasteiger partial charge in [0.15, 0.2) is 0 Å². The minimum Gasteiger partial charge on any atom is -0.395 e. The fourth-order valence-electron chi connectivity index (χ4n) is 2.24. The van der Waals surface area contributed by atoms with Crippen LogP contribution in [0.3, 0.4) is 0 Å². The van der Waals surface area contributed by atoms with E-state index in [2.05, 4.69) is 22.9 Å². The standard InChI is InChI=1S/C14H19N3O/c1-2-17(7-8-18)14-11(9-15)10-16-13-6-4-3-5-12(13)14/h3-6,10,18H,2,7-9,15H2,1H3. The molecule has 0 aliphatic heterocycles. The summed E-state index contributed by atoms with van der Waals surface area (Å²) in [5.74, 6) is 0. The molecular formula is C14H19N3O. The maximum Gasteiger partial charge on any atom is 0.0723 e. The van der Waals surface area contributed by atoms with Crippen LogP contribution in [-0.4, -0.2) is 29.8 Å². The first-order valence-electron chi connectivity index (χ1n) is 6.24. The molecule has 1 aromatic carbocycles. The van der Waals surface area contributed by atoms with Crippen molar-refractivity contribution in [2.24, 2.45) is 5.73 Å². The number of hydrogen-bond acceptors (Lipinski definition) is 4. The molecule has 1 heterocycles. The van der Waals surface area contributed by atoms with E-state index in [-0.39, 0.29) is 6.61 Å². The Balaban J connectivity index is 2.63. The first kappa shape index (κ1) is 12.8. The van der Waals surface area contributed by atoms with Crippen LogP contribution in [0.25, 0.3) is 10.9 Å². The molecule has 0 atom stereocenters. The molecule has 0 unspecified atom stereocenters. The number of aromatic nitrogens is 1. The fraction of sp³-hybridized carbons (Fsp3) is 0.357. The Morgan fingerprint density at radius 1 is 1.33 bits per heavy atom. The highest BCUT2D eigenvalue weighted by atomic mass is 16.3. The Morgan fingerprint density at radius 3 is 2.78 bits per heavy atom. The molecule has 0 aliphatic carbocycles. The highest BCUT2D eigenvalue weighted by molar-refractivity contribution is 5.93. The molecule has 0 saturated heterocycles. The SMILES string of the molecule is CCN(CCO)c1c(CN)cnc2ccccc12. The van der Waals surface area contributed by atoms with E-state index < -0.39 is 0 Å². The summed E-state index contributed by atoms with van der Waals surface area (Å²) in [4.78, 5) is 6.57. The molecule has 0 amide bonds. The van der Waals surface area contributed by atoms with Crippen molar-refractivity contribution in [3.8, 4) is 0 Å². The molecule has 0 aliphatic rings. The Hall–Kier alpha value is -1.65. The van der Waals surface area contributed by atoms with Gasteiger partial charge in [0, 0.05) is 36.8 Å². The first-order valence-corrected chi connectivity index (χ1v) is 6.24. The maximum atomic E-state index is 9.18.